The molecule has 0 radical (unpaired) electrons. The Balaban J connectivity index is 1.04. The summed E-state index contributed by atoms with van der Waals surface area (Å²) in [4.78, 5) is 0. The average molecular weight is 543 g/mol. The minimum Gasteiger partial charge on any atom is -0.457 e. The van der Waals surface area contributed by atoms with Gasteiger partial charge in [-0.3, -0.25) is 0 Å². The van der Waals surface area contributed by atoms with Crippen LogP contribution in [-0.4, -0.2) is 20.4 Å². The predicted molar refractivity (Wildman–Crippen MR) is 162 cm³/mol. The molecule has 6 rings (SSSR count). The van der Waals surface area contributed by atoms with Gasteiger partial charge < -0.3 is 4.74 Å². The van der Waals surface area contributed by atoms with Gasteiger partial charge in [0.15, 0.2) is 0 Å². The Morgan fingerprint density at radius 2 is 0.846 bits per heavy atom. The van der Waals surface area contributed by atoms with Crippen LogP contribution in [0.4, 0.5) is 0 Å². The zero-order chi connectivity index (χ0) is 26.3. The Morgan fingerprint density at radius 3 is 1.26 bits per heavy atom. The van der Waals surface area contributed by atoms with Crippen LogP contribution in [0, 0.1) is 0 Å². The number of ether oxygens (including phenoxy) is 1. The van der Waals surface area contributed by atoms with E-state index in [0.717, 1.165) is 53.8 Å². The molecule has 0 atom stereocenters. The SMILES string of the molecule is C(=C\c1nnc(-c2ccccc2)s1)/c1ccc(Oc2ccc(/C=C/c3nnc(-c4ccccc4)s3)cc2)cc1. The van der Waals surface area contributed by atoms with Gasteiger partial charge in [0.05, 0.1) is 0 Å². The van der Waals surface area contributed by atoms with Crippen LogP contribution in [0.25, 0.3) is 45.4 Å². The molecule has 0 amide bonds. The number of nitrogens with zero attached hydrogens (tertiary/aromatic N) is 4. The first-order valence-corrected chi connectivity index (χ1v) is 13.9. The molecule has 0 N–H and O–H groups in total. The highest BCUT2D eigenvalue weighted by atomic mass is 32.1. The first kappa shape index (κ1) is 24.6. The normalized spacial score (nSPS) is 11.4. The molecule has 0 spiro atoms. The van der Waals surface area contributed by atoms with Crippen molar-refractivity contribution < 1.29 is 4.74 Å². The third kappa shape index (κ3) is 6.41. The largest absolute Gasteiger partial charge is 0.457 e. The summed E-state index contributed by atoms with van der Waals surface area (Å²) in [5, 5.41) is 20.7. The van der Waals surface area contributed by atoms with Crippen LogP contribution in [0.2, 0.25) is 0 Å². The van der Waals surface area contributed by atoms with E-state index in [1.165, 1.54) is 0 Å². The van der Waals surface area contributed by atoms with Crippen molar-refractivity contribution in [3.63, 3.8) is 0 Å². The molecule has 188 valence electrons. The van der Waals surface area contributed by atoms with Crippen molar-refractivity contribution in [1.82, 2.24) is 20.4 Å². The van der Waals surface area contributed by atoms with E-state index < -0.39 is 0 Å². The molecule has 4 aromatic carbocycles. The molecule has 5 nitrogen and oxygen atoms in total. The quantitative estimate of drug-likeness (QED) is 0.192. The zero-order valence-electron chi connectivity index (χ0n) is 20.7. The second-order valence-corrected chi connectivity index (χ2v) is 10.5. The Morgan fingerprint density at radius 1 is 0.436 bits per heavy atom. The Kier molecular flexibility index (Phi) is 7.43. The summed E-state index contributed by atoms with van der Waals surface area (Å²) in [7, 11) is 0. The van der Waals surface area contributed by atoms with Crippen LogP contribution in [0.3, 0.4) is 0 Å². The van der Waals surface area contributed by atoms with Crippen LogP contribution in [0.15, 0.2) is 109 Å². The van der Waals surface area contributed by atoms with Gasteiger partial charge in [0.1, 0.15) is 31.5 Å². The van der Waals surface area contributed by atoms with Gasteiger partial charge in [-0.25, -0.2) is 0 Å². The van der Waals surface area contributed by atoms with Crippen molar-refractivity contribution in [3.05, 3.63) is 130 Å². The van der Waals surface area contributed by atoms with Gasteiger partial charge in [-0.2, -0.15) is 0 Å². The van der Waals surface area contributed by atoms with Crippen LogP contribution < -0.4 is 4.74 Å². The molecular weight excluding hydrogens is 521 g/mol. The van der Waals surface area contributed by atoms with E-state index in [4.69, 9.17) is 4.74 Å². The smallest absolute Gasteiger partial charge is 0.148 e. The van der Waals surface area contributed by atoms with Crippen LogP contribution in [0.1, 0.15) is 21.1 Å². The van der Waals surface area contributed by atoms with Crippen LogP contribution >= 0.6 is 22.7 Å². The lowest BCUT2D eigenvalue weighted by Gasteiger charge is -2.06. The van der Waals surface area contributed by atoms with Crippen molar-refractivity contribution in [1.29, 1.82) is 0 Å². The average Bonchev–Trinajstić information content (AvgIpc) is 3.68. The summed E-state index contributed by atoms with van der Waals surface area (Å²) in [5.74, 6) is 1.56. The highest BCUT2D eigenvalue weighted by Crippen LogP contribution is 2.27. The fraction of sp³-hybridized carbons (Fsp3) is 0. The van der Waals surface area contributed by atoms with Gasteiger partial charge >= 0.3 is 0 Å². The first-order valence-electron chi connectivity index (χ1n) is 12.3. The van der Waals surface area contributed by atoms with Crippen LogP contribution in [0.5, 0.6) is 11.5 Å². The zero-order valence-corrected chi connectivity index (χ0v) is 22.3. The molecule has 39 heavy (non-hydrogen) atoms. The van der Waals surface area contributed by atoms with Gasteiger partial charge in [0, 0.05) is 11.1 Å². The highest BCUT2D eigenvalue weighted by molar-refractivity contribution is 7.15. The molecule has 6 aromatic rings. The maximum absolute atomic E-state index is 6.03. The van der Waals surface area contributed by atoms with E-state index in [0.29, 0.717) is 0 Å². The van der Waals surface area contributed by atoms with Gasteiger partial charge in [-0.1, -0.05) is 120 Å². The summed E-state index contributed by atoms with van der Waals surface area (Å²) < 4.78 is 6.03. The lowest BCUT2D eigenvalue weighted by atomic mass is 10.2. The van der Waals surface area contributed by atoms with Crippen molar-refractivity contribution in [2.45, 2.75) is 0 Å². The molecule has 0 fully saturated rings. The lowest BCUT2D eigenvalue weighted by molar-refractivity contribution is 0.482. The lowest BCUT2D eigenvalue weighted by Crippen LogP contribution is -1.84. The molecule has 0 aliphatic heterocycles. The highest BCUT2D eigenvalue weighted by Gasteiger charge is 2.05. The number of benzene rings is 4. The summed E-state index contributed by atoms with van der Waals surface area (Å²) in [6.07, 6.45) is 8.02. The summed E-state index contributed by atoms with van der Waals surface area (Å²) >= 11 is 3.14. The Hall–Kier alpha value is -4.72. The van der Waals surface area contributed by atoms with E-state index in [2.05, 4.69) is 20.4 Å². The molecule has 0 aliphatic rings. The maximum atomic E-state index is 6.03. The molecule has 2 heterocycles. The number of aromatic nitrogens is 4. The fourth-order valence-corrected chi connectivity index (χ4v) is 5.27. The number of rotatable bonds is 8. The topological polar surface area (TPSA) is 60.8 Å². The second-order valence-electron chi connectivity index (χ2n) is 8.53. The first-order chi connectivity index (χ1) is 19.3. The maximum Gasteiger partial charge on any atom is 0.148 e. The Labute approximate surface area is 234 Å². The van der Waals surface area contributed by atoms with Crippen molar-refractivity contribution in [2.75, 3.05) is 0 Å². The predicted octanol–water partition coefficient (Wildman–Crippen LogP) is 8.86. The molecule has 0 saturated heterocycles. The standard InChI is InChI=1S/C32H22N4OS2/c1-3-7-25(8-4-1)31-35-33-29(38-31)21-15-23-11-17-27(18-12-23)37-28-19-13-24(14-20-28)16-22-30-34-36-32(39-30)26-9-5-2-6-10-26/h1-22H/b21-15+,22-16+. The van der Waals surface area contributed by atoms with Gasteiger partial charge in [0.2, 0.25) is 0 Å². The van der Waals surface area contributed by atoms with Gasteiger partial charge in [0.25, 0.3) is 0 Å². The van der Waals surface area contributed by atoms with Crippen molar-refractivity contribution in [3.8, 4) is 32.6 Å². The molecule has 0 unspecified atom stereocenters. The Bertz CT molecular complexity index is 1580. The van der Waals surface area contributed by atoms with E-state index in [9.17, 15) is 0 Å². The third-order valence-corrected chi connectivity index (χ3v) is 7.63. The molecule has 7 heteroatoms. The monoisotopic (exact) mass is 542 g/mol. The minimum absolute atomic E-state index is 0.778. The number of hydrogen-bond acceptors (Lipinski definition) is 7. The van der Waals surface area contributed by atoms with Crippen molar-refractivity contribution in [2.24, 2.45) is 0 Å². The summed E-state index contributed by atoms with van der Waals surface area (Å²) in [5.41, 5.74) is 4.28. The van der Waals surface area contributed by atoms with Crippen LogP contribution in [-0.2, 0) is 0 Å². The van der Waals surface area contributed by atoms with E-state index >= 15 is 0 Å². The van der Waals surface area contributed by atoms with E-state index in [-0.39, 0.29) is 0 Å². The van der Waals surface area contributed by atoms with Crippen molar-refractivity contribution >= 4 is 47.0 Å². The fourth-order valence-electron chi connectivity index (χ4n) is 3.76. The summed E-state index contributed by atoms with van der Waals surface area (Å²) in [6.45, 7) is 0. The van der Waals surface area contributed by atoms with Gasteiger partial charge in [-0.05, 0) is 47.5 Å². The molecule has 0 saturated carbocycles. The van der Waals surface area contributed by atoms with E-state index in [1.54, 1.807) is 22.7 Å². The summed E-state index contributed by atoms with van der Waals surface area (Å²) in [6, 6.07) is 36.1. The van der Waals surface area contributed by atoms with Gasteiger partial charge in [-0.15, -0.1) is 20.4 Å². The molecular formula is C32H22N4OS2. The second kappa shape index (κ2) is 11.8. The minimum atomic E-state index is 0.778. The third-order valence-electron chi connectivity index (χ3n) is 5.76. The molecule has 0 bridgehead atoms. The number of hydrogen-bond donors (Lipinski definition) is 0. The van der Waals surface area contributed by atoms with E-state index in [1.807, 2.05) is 133 Å². The molecule has 0 aliphatic carbocycles. The molecule has 2 aromatic heterocycles.